The normalized spacial score (nSPS) is 10.4. The van der Waals surface area contributed by atoms with Gasteiger partial charge in [-0.05, 0) is 18.4 Å². The molecule has 0 aliphatic carbocycles. The van der Waals surface area contributed by atoms with Gasteiger partial charge in [-0.2, -0.15) is 0 Å². The molecule has 5 nitrogen and oxygen atoms in total. The van der Waals surface area contributed by atoms with Crippen LogP contribution >= 0.6 is 34.9 Å². The number of hydrogen-bond acceptors (Lipinski definition) is 7. The lowest BCUT2D eigenvalue weighted by Gasteiger charge is -1.97. The number of hydrogen-bond donors (Lipinski definition) is 1. The second-order valence-corrected chi connectivity index (χ2v) is 6.17. The van der Waals surface area contributed by atoms with Gasteiger partial charge in [-0.15, -0.1) is 10.2 Å². The van der Waals surface area contributed by atoms with Crippen molar-refractivity contribution < 1.29 is 9.90 Å². The van der Waals surface area contributed by atoms with Gasteiger partial charge in [-0.3, -0.25) is 0 Å². The molecule has 0 aliphatic rings. The number of aromatic carboxylic acids is 1. The van der Waals surface area contributed by atoms with Crippen molar-refractivity contribution in [2.75, 3.05) is 6.26 Å². The van der Waals surface area contributed by atoms with E-state index in [-0.39, 0.29) is 5.69 Å². The zero-order valence-electron chi connectivity index (χ0n) is 8.65. The van der Waals surface area contributed by atoms with Gasteiger partial charge in [-0.25, -0.2) is 9.78 Å². The van der Waals surface area contributed by atoms with Crippen molar-refractivity contribution in [3.05, 3.63) is 24.0 Å². The Balaban J connectivity index is 2.18. The van der Waals surface area contributed by atoms with Crippen molar-refractivity contribution in [2.45, 2.75) is 13.6 Å². The molecule has 2 aromatic heterocycles. The van der Waals surface area contributed by atoms with Crippen LogP contribution in [0.1, 0.15) is 10.5 Å². The van der Waals surface area contributed by atoms with E-state index in [9.17, 15) is 4.79 Å². The second-order valence-electron chi connectivity index (χ2n) is 2.82. The molecule has 0 saturated heterocycles. The van der Waals surface area contributed by atoms with Crippen LogP contribution in [0.5, 0.6) is 0 Å². The van der Waals surface area contributed by atoms with Crippen LogP contribution in [0, 0.1) is 0 Å². The van der Waals surface area contributed by atoms with E-state index < -0.39 is 5.97 Å². The first-order chi connectivity index (χ1) is 8.19. The molecule has 0 unspecified atom stereocenters. The molecule has 0 bridgehead atoms. The average molecular weight is 285 g/mol. The quantitative estimate of drug-likeness (QED) is 0.865. The van der Waals surface area contributed by atoms with Crippen LogP contribution in [0.2, 0.25) is 0 Å². The molecule has 1 N–H and O–H groups in total. The van der Waals surface area contributed by atoms with Crippen LogP contribution in [-0.4, -0.2) is 32.5 Å². The molecule has 0 aliphatic heterocycles. The fourth-order valence-electron chi connectivity index (χ4n) is 1.01. The van der Waals surface area contributed by atoms with Gasteiger partial charge >= 0.3 is 5.97 Å². The Hall–Kier alpha value is -1.12. The Kier molecular flexibility index (Phi) is 3.97. The maximum absolute atomic E-state index is 10.8. The van der Waals surface area contributed by atoms with Crippen LogP contribution in [0.15, 0.2) is 31.9 Å². The van der Waals surface area contributed by atoms with Crippen molar-refractivity contribution in [3.8, 4) is 0 Å². The minimum absolute atomic E-state index is 0.0320. The van der Waals surface area contributed by atoms with Crippen molar-refractivity contribution in [3.63, 3.8) is 0 Å². The van der Waals surface area contributed by atoms with Crippen LogP contribution in [-0.2, 0) is 0 Å². The fraction of sp³-hybridized carbons (Fsp3) is 0.111. The minimum Gasteiger partial charge on any atom is -0.477 e. The maximum Gasteiger partial charge on any atom is 0.354 e. The second kappa shape index (κ2) is 5.48. The van der Waals surface area contributed by atoms with E-state index in [1.165, 1.54) is 47.1 Å². The Bertz CT molecular complexity index is 544. The molecule has 0 atom stereocenters. The molecule has 2 aromatic rings. The van der Waals surface area contributed by atoms with Crippen LogP contribution in [0.3, 0.4) is 0 Å². The third-order valence-electron chi connectivity index (χ3n) is 1.72. The van der Waals surface area contributed by atoms with Gasteiger partial charge in [0.1, 0.15) is 5.69 Å². The Labute approximate surface area is 110 Å². The van der Waals surface area contributed by atoms with Gasteiger partial charge < -0.3 is 5.11 Å². The summed E-state index contributed by atoms with van der Waals surface area (Å²) in [5, 5.41) is 16.8. The summed E-state index contributed by atoms with van der Waals surface area (Å²) < 4.78 is 1.68. The summed E-state index contributed by atoms with van der Waals surface area (Å²) in [6.07, 6.45) is 3.41. The summed E-state index contributed by atoms with van der Waals surface area (Å²) in [7, 11) is 0. The third kappa shape index (κ3) is 3.18. The van der Waals surface area contributed by atoms with Crippen LogP contribution < -0.4 is 0 Å². The number of carbonyl (C=O) groups is 1. The van der Waals surface area contributed by atoms with Crippen molar-refractivity contribution in [1.29, 1.82) is 0 Å². The van der Waals surface area contributed by atoms with Crippen molar-refractivity contribution >= 4 is 40.8 Å². The predicted octanol–water partition coefficient (Wildman–Crippen LogP) is 2.50. The van der Waals surface area contributed by atoms with Gasteiger partial charge in [0.2, 0.25) is 0 Å². The summed E-state index contributed by atoms with van der Waals surface area (Å²) >= 11 is 4.39. The number of nitrogens with zero attached hydrogens (tertiary/aromatic N) is 3. The minimum atomic E-state index is -1.03. The molecule has 88 valence electrons. The number of carboxylic acid groups (broad SMARTS) is 1. The van der Waals surface area contributed by atoms with Gasteiger partial charge in [-0.1, -0.05) is 34.9 Å². The molecule has 0 radical (unpaired) electrons. The van der Waals surface area contributed by atoms with Crippen LogP contribution in [0.25, 0.3) is 0 Å². The molecular formula is C9H7N3O2S3. The average Bonchev–Trinajstić information content (AvgIpc) is 2.77. The molecule has 0 amide bonds. The predicted molar refractivity (Wildman–Crippen MR) is 67.0 cm³/mol. The van der Waals surface area contributed by atoms with Gasteiger partial charge in [0.15, 0.2) is 8.68 Å². The molecule has 0 spiro atoms. The molecular weight excluding hydrogens is 278 g/mol. The largest absolute Gasteiger partial charge is 0.477 e. The summed E-state index contributed by atoms with van der Waals surface area (Å²) in [6, 6.07) is 3.27. The highest BCUT2D eigenvalue weighted by Gasteiger charge is 2.08. The SMILES string of the molecule is CSc1nnc(Sc2ccnc(C(=O)O)c2)s1. The molecule has 17 heavy (non-hydrogen) atoms. The van der Waals surface area contributed by atoms with E-state index in [2.05, 4.69) is 15.2 Å². The summed E-state index contributed by atoms with van der Waals surface area (Å²) in [5.74, 6) is -1.03. The maximum atomic E-state index is 10.8. The van der Waals surface area contributed by atoms with Gasteiger partial charge in [0.05, 0.1) is 0 Å². The van der Waals surface area contributed by atoms with E-state index in [0.29, 0.717) is 0 Å². The fourth-order valence-corrected chi connectivity index (χ4v) is 3.45. The molecule has 2 heterocycles. The highest BCUT2D eigenvalue weighted by molar-refractivity contribution is 8.03. The number of aromatic nitrogens is 3. The zero-order valence-corrected chi connectivity index (χ0v) is 11.1. The molecule has 8 heteroatoms. The Morgan fingerprint density at radius 2 is 2.18 bits per heavy atom. The van der Waals surface area contributed by atoms with Gasteiger partial charge in [0.25, 0.3) is 0 Å². The van der Waals surface area contributed by atoms with E-state index >= 15 is 0 Å². The lowest BCUT2D eigenvalue weighted by atomic mass is 10.4. The lowest BCUT2D eigenvalue weighted by Crippen LogP contribution is -1.99. The Morgan fingerprint density at radius 1 is 1.41 bits per heavy atom. The number of pyridine rings is 1. The van der Waals surface area contributed by atoms with E-state index in [1.807, 2.05) is 6.26 Å². The monoisotopic (exact) mass is 285 g/mol. The van der Waals surface area contributed by atoms with Crippen LogP contribution in [0.4, 0.5) is 0 Å². The topological polar surface area (TPSA) is 76.0 Å². The number of rotatable bonds is 4. The first-order valence-electron chi connectivity index (χ1n) is 4.43. The van der Waals surface area contributed by atoms with E-state index in [1.54, 1.807) is 6.07 Å². The number of carboxylic acids is 1. The molecule has 2 rings (SSSR count). The highest BCUT2D eigenvalue weighted by atomic mass is 32.2. The first kappa shape index (κ1) is 12.3. The summed E-state index contributed by atoms with van der Waals surface area (Å²) in [4.78, 5) is 15.3. The smallest absolute Gasteiger partial charge is 0.354 e. The summed E-state index contributed by atoms with van der Waals surface area (Å²) in [5.41, 5.74) is 0.0320. The van der Waals surface area contributed by atoms with Crippen molar-refractivity contribution in [2.24, 2.45) is 0 Å². The van der Waals surface area contributed by atoms with Gasteiger partial charge in [0, 0.05) is 11.1 Å². The molecule has 0 fully saturated rings. The standard InChI is InChI=1S/C9H7N3O2S3/c1-15-8-11-12-9(17-8)16-5-2-3-10-6(4-5)7(13)14/h2-4H,1H3,(H,13,14). The molecule has 0 aromatic carbocycles. The van der Waals surface area contributed by atoms with E-state index in [0.717, 1.165) is 13.6 Å². The number of thioether (sulfide) groups is 1. The zero-order chi connectivity index (χ0) is 12.3. The third-order valence-corrected chi connectivity index (χ3v) is 4.66. The first-order valence-corrected chi connectivity index (χ1v) is 7.29. The molecule has 0 saturated carbocycles. The van der Waals surface area contributed by atoms with E-state index in [4.69, 9.17) is 5.11 Å². The lowest BCUT2D eigenvalue weighted by molar-refractivity contribution is 0.0690. The Morgan fingerprint density at radius 3 is 2.82 bits per heavy atom. The van der Waals surface area contributed by atoms with Crippen molar-refractivity contribution in [1.82, 2.24) is 15.2 Å². The highest BCUT2D eigenvalue weighted by Crippen LogP contribution is 2.32. The summed E-state index contributed by atoms with van der Waals surface area (Å²) in [6.45, 7) is 0.